The molecule has 0 radical (unpaired) electrons. The molecule has 0 saturated carbocycles. The summed E-state index contributed by atoms with van der Waals surface area (Å²) in [7, 11) is 0. The van der Waals surface area contributed by atoms with Crippen LogP contribution in [-0.2, 0) is 11.2 Å². The number of carbonyl (C=O) groups is 2. The lowest BCUT2D eigenvalue weighted by atomic mass is 9.90. The second kappa shape index (κ2) is 5.64. The molecule has 5 heteroatoms. The maximum Gasteiger partial charge on any atom is 0.237 e. The number of carbonyl (C=O) groups excluding carboxylic acids is 2. The zero-order valence-corrected chi connectivity index (χ0v) is 10.1. The third-order valence-electron chi connectivity index (χ3n) is 2.99. The largest absolute Gasteiger partial charge is 0.493 e. The van der Waals surface area contributed by atoms with E-state index < -0.39 is 0 Å². The maximum atomic E-state index is 11.6. The fraction of sp³-hybridized carbons (Fsp3) is 0.385. The maximum absolute atomic E-state index is 11.6. The van der Waals surface area contributed by atoms with Crippen molar-refractivity contribution in [2.75, 3.05) is 6.61 Å². The van der Waals surface area contributed by atoms with Crippen LogP contribution >= 0.6 is 0 Å². The van der Waals surface area contributed by atoms with Crippen LogP contribution in [0.2, 0.25) is 0 Å². The number of benzene rings is 1. The highest BCUT2D eigenvalue weighted by molar-refractivity contribution is 5.98. The zero-order chi connectivity index (χ0) is 13.0. The summed E-state index contributed by atoms with van der Waals surface area (Å²) in [6.07, 6.45) is 2.64. The third-order valence-corrected chi connectivity index (χ3v) is 2.99. The van der Waals surface area contributed by atoms with Gasteiger partial charge in [-0.15, -0.1) is 0 Å². The molecule has 0 spiro atoms. The summed E-state index contributed by atoms with van der Waals surface area (Å²) in [5.74, 6) is 5.59. The van der Waals surface area contributed by atoms with Gasteiger partial charge in [-0.25, -0.2) is 5.84 Å². The van der Waals surface area contributed by atoms with Gasteiger partial charge in [0.1, 0.15) is 5.75 Å². The van der Waals surface area contributed by atoms with Gasteiger partial charge in [0.05, 0.1) is 13.0 Å². The van der Waals surface area contributed by atoms with E-state index in [0.717, 1.165) is 24.0 Å². The van der Waals surface area contributed by atoms with Gasteiger partial charge in [-0.3, -0.25) is 15.0 Å². The average molecular weight is 248 g/mol. The van der Waals surface area contributed by atoms with Gasteiger partial charge in [0.15, 0.2) is 5.78 Å². The topological polar surface area (TPSA) is 81.4 Å². The predicted molar refractivity (Wildman–Crippen MR) is 66.2 cm³/mol. The van der Waals surface area contributed by atoms with E-state index in [0.29, 0.717) is 12.2 Å². The summed E-state index contributed by atoms with van der Waals surface area (Å²) in [4.78, 5) is 22.5. The Morgan fingerprint density at radius 3 is 3.00 bits per heavy atom. The second-order valence-corrected chi connectivity index (χ2v) is 4.26. The van der Waals surface area contributed by atoms with Crippen LogP contribution in [0.3, 0.4) is 0 Å². The first-order valence-corrected chi connectivity index (χ1v) is 5.99. The van der Waals surface area contributed by atoms with Crippen molar-refractivity contribution in [2.45, 2.75) is 25.7 Å². The molecule has 1 aliphatic carbocycles. The van der Waals surface area contributed by atoms with Crippen LogP contribution in [0, 0.1) is 0 Å². The Morgan fingerprint density at radius 2 is 2.22 bits per heavy atom. The highest BCUT2D eigenvalue weighted by atomic mass is 16.5. The van der Waals surface area contributed by atoms with Gasteiger partial charge in [0.2, 0.25) is 5.91 Å². The number of ether oxygens (including phenoxy) is 1. The minimum Gasteiger partial charge on any atom is -0.493 e. The Kier molecular flexibility index (Phi) is 3.94. The number of amides is 1. The number of nitrogens with two attached hydrogens (primary N) is 1. The first-order valence-electron chi connectivity index (χ1n) is 5.99. The van der Waals surface area contributed by atoms with Crippen LogP contribution in [0.4, 0.5) is 0 Å². The normalized spacial score (nSPS) is 13.9. The number of aryl methyl sites for hydroxylation is 1. The quantitative estimate of drug-likeness (QED) is 0.472. The molecule has 0 aliphatic heterocycles. The molecule has 0 saturated heterocycles. The number of hydrazine groups is 1. The molecule has 5 nitrogen and oxygen atoms in total. The number of rotatable bonds is 4. The number of fused-ring (bicyclic) bond motifs is 1. The monoisotopic (exact) mass is 248 g/mol. The molecule has 18 heavy (non-hydrogen) atoms. The van der Waals surface area contributed by atoms with Crippen molar-refractivity contribution in [3.63, 3.8) is 0 Å². The number of hydrogen-bond acceptors (Lipinski definition) is 4. The van der Waals surface area contributed by atoms with Crippen LogP contribution in [0.5, 0.6) is 5.75 Å². The smallest absolute Gasteiger partial charge is 0.237 e. The van der Waals surface area contributed by atoms with Crippen LogP contribution in [0.1, 0.15) is 35.2 Å². The highest BCUT2D eigenvalue weighted by Gasteiger charge is 2.17. The number of ketones is 1. The van der Waals surface area contributed by atoms with E-state index in [1.54, 1.807) is 12.1 Å². The van der Waals surface area contributed by atoms with Crippen molar-refractivity contribution < 1.29 is 14.3 Å². The minimum absolute atomic E-state index is 0.199. The van der Waals surface area contributed by atoms with E-state index >= 15 is 0 Å². The Morgan fingerprint density at radius 1 is 1.39 bits per heavy atom. The van der Waals surface area contributed by atoms with Gasteiger partial charge in [-0.1, -0.05) is 0 Å². The first kappa shape index (κ1) is 12.6. The van der Waals surface area contributed by atoms with E-state index in [1.807, 2.05) is 11.5 Å². The van der Waals surface area contributed by atoms with Crippen LogP contribution in [-0.4, -0.2) is 18.3 Å². The molecular weight excluding hydrogens is 232 g/mol. The van der Waals surface area contributed by atoms with Crippen molar-refractivity contribution in [1.82, 2.24) is 5.43 Å². The van der Waals surface area contributed by atoms with Crippen molar-refractivity contribution in [3.8, 4) is 5.75 Å². The summed E-state index contributed by atoms with van der Waals surface area (Å²) in [5, 5.41) is 0. The Hall–Kier alpha value is -1.88. The fourth-order valence-corrected chi connectivity index (χ4v) is 2.05. The standard InChI is InChI=1S/C13H16N2O3/c14-15-13(17)6-7-18-10-4-5-11-9(8-10)2-1-3-12(11)16/h4-5,8H,1-3,6-7,14H2,(H,15,17). The molecule has 0 unspecified atom stereocenters. The summed E-state index contributed by atoms with van der Waals surface area (Å²) >= 11 is 0. The predicted octanol–water partition coefficient (Wildman–Crippen LogP) is 0.964. The molecule has 1 amide bonds. The van der Waals surface area contributed by atoms with Crippen molar-refractivity contribution in [2.24, 2.45) is 5.84 Å². The lowest BCUT2D eigenvalue weighted by Gasteiger charge is -2.15. The van der Waals surface area contributed by atoms with E-state index in [1.165, 1.54) is 0 Å². The molecule has 0 aromatic heterocycles. The Labute approximate surface area is 105 Å². The van der Waals surface area contributed by atoms with Crippen LogP contribution in [0.25, 0.3) is 0 Å². The van der Waals surface area contributed by atoms with Crippen molar-refractivity contribution >= 4 is 11.7 Å². The first-order chi connectivity index (χ1) is 8.70. The molecule has 1 aliphatic rings. The van der Waals surface area contributed by atoms with E-state index in [-0.39, 0.29) is 24.7 Å². The molecule has 0 heterocycles. The third kappa shape index (κ3) is 2.87. The summed E-state index contributed by atoms with van der Waals surface area (Å²) in [6.45, 7) is 0.274. The highest BCUT2D eigenvalue weighted by Crippen LogP contribution is 2.25. The number of Topliss-reactive ketones (excluding diaryl/α,β-unsaturated/α-hetero) is 1. The Balaban J connectivity index is 1.98. The summed E-state index contributed by atoms with van der Waals surface area (Å²) in [5.41, 5.74) is 3.88. The number of nitrogens with one attached hydrogen (secondary N) is 1. The molecule has 0 bridgehead atoms. The zero-order valence-electron chi connectivity index (χ0n) is 10.1. The molecule has 0 atom stereocenters. The van der Waals surface area contributed by atoms with Gasteiger partial charge in [0, 0.05) is 12.0 Å². The molecule has 1 aromatic carbocycles. The summed E-state index contributed by atoms with van der Waals surface area (Å²) < 4.78 is 5.45. The van der Waals surface area contributed by atoms with Gasteiger partial charge >= 0.3 is 0 Å². The Bertz CT molecular complexity index is 471. The lowest BCUT2D eigenvalue weighted by Crippen LogP contribution is -2.31. The SMILES string of the molecule is NNC(=O)CCOc1ccc2c(c1)CCCC2=O. The van der Waals surface area contributed by atoms with Crippen LogP contribution < -0.4 is 16.0 Å². The van der Waals surface area contributed by atoms with Crippen LogP contribution in [0.15, 0.2) is 18.2 Å². The van der Waals surface area contributed by atoms with Gasteiger partial charge < -0.3 is 4.74 Å². The molecule has 3 N–H and O–H groups in total. The van der Waals surface area contributed by atoms with Crippen molar-refractivity contribution in [1.29, 1.82) is 0 Å². The fourth-order valence-electron chi connectivity index (χ4n) is 2.05. The van der Waals surface area contributed by atoms with Gasteiger partial charge in [0.25, 0.3) is 0 Å². The number of hydrogen-bond donors (Lipinski definition) is 2. The van der Waals surface area contributed by atoms with E-state index in [2.05, 4.69) is 0 Å². The lowest BCUT2D eigenvalue weighted by molar-refractivity contribution is -0.121. The second-order valence-electron chi connectivity index (χ2n) is 4.26. The molecular formula is C13H16N2O3. The minimum atomic E-state index is -0.261. The van der Waals surface area contributed by atoms with Crippen molar-refractivity contribution in [3.05, 3.63) is 29.3 Å². The van der Waals surface area contributed by atoms with Gasteiger partial charge in [-0.05, 0) is 36.6 Å². The van der Waals surface area contributed by atoms with E-state index in [4.69, 9.17) is 10.6 Å². The van der Waals surface area contributed by atoms with Gasteiger partial charge in [-0.2, -0.15) is 0 Å². The average Bonchev–Trinajstić information content (AvgIpc) is 2.38. The molecule has 2 rings (SSSR count). The molecule has 1 aromatic rings. The summed E-state index contributed by atoms with van der Waals surface area (Å²) in [6, 6.07) is 5.45. The van der Waals surface area contributed by atoms with E-state index in [9.17, 15) is 9.59 Å². The molecule has 96 valence electrons. The molecule has 0 fully saturated rings.